The summed E-state index contributed by atoms with van der Waals surface area (Å²) in [6.07, 6.45) is 5.46. The van der Waals surface area contributed by atoms with E-state index in [-0.39, 0.29) is 0 Å². The fourth-order valence-electron chi connectivity index (χ4n) is 3.39. The lowest BCUT2D eigenvalue weighted by Crippen LogP contribution is -2.37. The highest BCUT2D eigenvalue weighted by atomic mass is 14.9. The minimum Gasteiger partial charge on any atom is -0.314 e. The summed E-state index contributed by atoms with van der Waals surface area (Å²) in [7, 11) is 0. The van der Waals surface area contributed by atoms with E-state index in [4.69, 9.17) is 0 Å². The van der Waals surface area contributed by atoms with Gasteiger partial charge >= 0.3 is 0 Å². The Morgan fingerprint density at radius 1 is 1.00 bits per heavy atom. The number of hydrogen-bond acceptors (Lipinski definition) is 1. The maximum atomic E-state index is 3.69. The summed E-state index contributed by atoms with van der Waals surface area (Å²) in [6, 6.07) is 5.48. The molecule has 100 valence electrons. The minimum atomic E-state index is 0.685. The van der Waals surface area contributed by atoms with Crippen LogP contribution in [0.1, 0.15) is 60.8 Å². The van der Waals surface area contributed by atoms with Crippen LogP contribution >= 0.6 is 0 Å². The van der Waals surface area contributed by atoms with Gasteiger partial charge in [-0.3, -0.25) is 0 Å². The summed E-state index contributed by atoms with van der Waals surface area (Å²) in [5, 5.41) is 3.69. The van der Waals surface area contributed by atoms with Gasteiger partial charge in [-0.1, -0.05) is 31.9 Å². The van der Waals surface area contributed by atoms with E-state index < -0.39 is 0 Å². The molecule has 0 amide bonds. The van der Waals surface area contributed by atoms with Crippen LogP contribution < -0.4 is 5.32 Å². The van der Waals surface area contributed by atoms with Gasteiger partial charge in [-0.2, -0.15) is 0 Å². The molecular weight excluding hydrogens is 218 g/mol. The smallest absolute Gasteiger partial charge is 0.0136 e. The van der Waals surface area contributed by atoms with Crippen LogP contribution in [-0.4, -0.2) is 12.6 Å². The van der Waals surface area contributed by atoms with Crippen LogP contribution in [0.2, 0.25) is 0 Å². The quantitative estimate of drug-likeness (QED) is 0.839. The number of aryl methyl sites for hydroxylation is 3. The molecule has 1 aromatic rings. The number of rotatable bonds is 3. The Morgan fingerprint density at radius 2 is 1.67 bits per heavy atom. The summed E-state index contributed by atoms with van der Waals surface area (Å²) >= 11 is 0. The van der Waals surface area contributed by atoms with E-state index in [1.807, 2.05) is 0 Å². The molecule has 0 heterocycles. The summed E-state index contributed by atoms with van der Waals surface area (Å²) in [5.41, 5.74) is 5.93. The predicted molar refractivity (Wildman–Crippen MR) is 79.3 cm³/mol. The number of hydrogen-bond donors (Lipinski definition) is 1. The lowest BCUT2D eigenvalue weighted by Gasteiger charge is -2.33. The Labute approximate surface area is 112 Å². The van der Waals surface area contributed by atoms with E-state index in [1.165, 1.54) is 42.4 Å². The third-order valence-corrected chi connectivity index (χ3v) is 4.51. The Balaban J connectivity index is 2.30. The number of likely N-dealkylation sites (N-methyl/N-ethyl adjacent to an activating group) is 1. The van der Waals surface area contributed by atoms with E-state index in [1.54, 1.807) is 5.56 Å². The molecule has 1 N–H and O–H groups in total. The maximum absolute atomic E-state index is 3.69. The Hall–Kier alpha value is -0.820. The van der Waals surface area contributed by atoms with Gasteiger partial charge < -0.3 is 5.32 Å². The molecule has 1 aliphatic carbocycles. The van der Waals surface area contributed by atoms with Crippen LogP contribution in [0.5, 0.6) is 0 Å². The van der Waals surface area contributed by atoms with Gasteiger partial charge in [0.25, 0.3) is 0 Å². The average molecular weight is 245 g/mol. The van der Waals surface area contributed by atoms with Gasteiger partial charge in [0.1, 0.15) is 0 Å². The molecule has 0 aromatic heterocycles. The molecule has 2 rings (SSSR count). The summed E-state index contributed by atoms with van der Waals surface area (Å²) in [6.45, 7) is 10.0. The van der Waals surface area contributed by atoms with Crippen molar-refractivity contribution in [2.45, 2.75) is 65.3 Å². The van der Waals surface area contributed by atoms with Crippen molar-refractivity contribution in [2.24, 2.45) is 0 Å². The molecule has 1 nitrogen and oxygen atoms in total. The van der Waals surface area contributed by atoms with Crippen LogP contribution in [0.25, 0.3) is 0 Å². The number of benzene rings is 1. The van der Waals surface area contributed by atoms with Crippen molar-refractivity contribution in [1.82, 2.24) is 5.32 Å². The second kappa shape index (κ2) is 5.88. The van der Waals surface area contributed by atoms with Crippen LogP contribution in [0, 0.1) is 20.8 Å². The Kier molecular flexibility index (Phi) is 4.45. The van der Waals surface area contributed by atoms with E-state index in [9.17, 15) is 0 Å². The van der Waals surface area contributed by atoms with Gasteiger partial charge in [0.15, 0.2) is 0 Å². The maximum Gasteiger partial charge on any atom is 0.0136 e. The third-order valence-electron chi connectivity index (χ3n) is 4.51. The molecule has 0 aliphatic heterocycles. The van der Waals surface area contributed by atoms with E-state index in [0.717, 1.165) is 12.5 Å². The number of nitrogens with one attached hydrogen (secondary N) is 1. The van der Waals surface area contributed by atoms with Crippen molar-refractivity contribution in [3.63, 3.8) is 0 Å². The molecular formula is C17H27N. The SMILES string of the molecule is CCNC1CCCCC1c1cc(C)c(C)cc1C. The highest BCUT2D eigenvalue weighted by Crippen LogP contribution is 2.35. The first kappa shape index (κ1) is 13.6. The van der Waals surface area contributed by atoms with Crippen molar-refractivity contribution >= 4 is 0 Å². The molecule has 1 saturated carbocycles. The normalized spacial score (nSPS) is 24.2. The van der Waals surface area contributed by atoms with Gasteiger partial charge in [0.2, 0.25) is 0 Å². The van der Waals surface area contributed by atoms with Gasteiger partial charge in [-0.05, 0) is 68.3 Å². The van der Waals surface area contributed by atoms with Crippen LogP contribution in [0.3, 0.4) is 0 Å². The Bertz CT molecular complexity index is 406. The van der Waals surface area contributed by atoms with Crippen molar-refractivity contribution in [3.8, 4) is 0 Å². The first-order valence-corrected chi connectivity index (χ1v) is 7.44. The first-order valence-electron chi connectivity index (χ1n) is 7.44. The second-order valence-corrected chi connectivity index (χ2v) is 5.85. The van der Waals surface area contributed by atoms with Crippen molar-refractivity contribution in [3.05, 3.63) is 34.4 Å². The van der Waals surface area contributed by atoms with Crippen molar-refractivity contribution in [2.75, 3.05) is 6.54 Å². The predicted octanol–water partition coefficient (Wildman–Crippen LogP) is 4.25. The first-order chi connectivity index (χ1) is 8.63. The van der Waals surface area contributed by atoms with E-state index in [0.29, 0.717) is 6.04 Å². The zero-order chi connectivity index (χ0) is 13.1. The molecule has 18 heavy (non-hydrogen) atoms. The van der Waals surface area contributed by atoms with E-state index in [2.05, 4.69) is 45.1 Å². The third kappa shape index (κ3) is 2.77. The van der Waals surface area contributed by atoms with Gasteiger partial charge in [0, 0.05) is 6.04 Å². The summed E-state index contributed by atoms with van der Waals surface area (Å²) in [5.74, 6) is 0.720. The average Bonchev–Trinajstić information content (AvgIpc) is 2.35. The molecule has 1 fully saturated rings. The van der Waals surface area contributed by atoms with Crippen LogP contribution in [-0.2, 0) is 0 Å². The summed E-state index contributed by atoms with van der Waals surface area (Å²) in [4.78, 5) is 0. The van der Waals surface area contributed by atoms with E-state index >= 15 is 0 Å². The van der Waals surface area contributed by atoms with Gasteiger partial charge in [-0.25, -0.2) is 0 Å². The molecule has 2 unspecified atom stereocenters. The Morgan fingerprint density at radius 3 is 2.39 bits per heavy atom. The van der Waals surface area contributed by atoms with Crippen molar-refractivity contribution in [1.29, 1.82) is 0 Å². The largest absolute Gasteiger partial charge is 0.314 e. The lowest BCUT2D eigenvalue weighted by atomic mass is 9.77. The molecule has 2 atom stereocenters. The molecule has 1 aromatic carbocycles. The van der Waals surface area contributed by atoms with Crippen LogP contribution in [0.15, 0.2) is 12.1 Å². The highest BCUT2D eigenvalue weighted by molar-refractivity contribution is 5.39. The second-order valence-electron chi connectivity index (χ2n) is 5.85. The summed E-state index contributed by atoms with van der Waals surface area (Å²) < 4.78 is 0. The molecule has 0 radical (unpaired) electrons. The topological polar surface area (TPSA) is 12.0 Å². The molecule has 0 saturated heterocycles. The van der Waals surface area contributed by atoms with Crippen molar-refractivity contribution < 1.29 is 0 Å². The lowest BCUT2D eigenvalue weighted by molar-refractivity contribution is 0.332. The standard InChI is InChI=1S/C17H27N/c1-5-18-17-9-7-6-8-15(17)16-11-13(3)12(2)10-14(16)4/h10-11,15,17-18H,5-9H2,1-4H3. The molecule has 1 aliphatic rings. The highest BCUT2D eigenvalue weighted by Gasteiger charge is 2.26. The molecule has 0 bridgehead atoms. The fraction of sp³-hybridized carbons (Fsp3) is 0.647. The van der Waals surface area contributed by atoms with Gasteiger partial charge in [0.05, 0.1) is 0 Å². The monoisotopic (exact) mass is 245 g/mol. The molecule has 0 spiro atoms. The minimum absolute atomic E-state index is 0.685. The van der Waals surface area contributed by atoms with Gasteiger partial charge in [-0.15, -0.1) is 0 Å². The molecule has 1 heteroatoms. The van der Waals surface area contributed by atoms with Crippen LogP contribution in [0.4, 0.5) is 0 Å². The fourth-order valence-corrected chi connectivity index (χ4v) is 3.39. The zero-order valence-corrected chi connectivity index (χ0v) is 12.3. The zero-order valence-electron chi connectivity index (χ0n) is 12.3.